The van der Waals surface area contributed by atoms with Gasteiger partial charge in [0.2, 0.25) is 0 Å². The summed E-state index contributed by atoms with van der Waals surface area (Å²) in [5, 5.41) is 19.6. The summed E-state index contributed by atoms with van der Waals surface area (Å²) in [5.41, 5.74) is 0.850. The minimum atomic E-state index is -0.940. The molecule has 0 unspecified atom stereocenters. The molecule has 7 heteroatoms. The van der Waals surface area contributed by atoms with Gasteiger partial charge in [-0.15, -0.1) is 0 Å². The lowest BCUT2D eigenvalue weighted by Crippen LogP contribution is -2.36. The first-order valence-corrected chi connectivity index (χ1v) is 4.39. The van der Waals surface area contributed by atoms with E-state index in [1.54, 1.807) is 12.4 Å². The molecule has 1 heterocycles. The van der Waals surface area contributed by atoms with E-state index in [0.29, 0.717) is 6.54 Å². The molecule has 0 aliphatic rings. The molecule has 0 radical (unpaired) electrons. The second-order valence-electron chi connectivity index (χ2n) is 2.86. The Morgan fingerprint density at radius 1 is 1.47 bits per heavy atom. The third-order valence-corrected chi connectivity index (χ3v) is 1.63. The topological polar surface area (TPSA) is 107 Å². The van der Waals surface area contributed by atoms with Crippen molar-refractivity contribution in [2.45, 2.75) is 13.0 Å². The first-order valence-electron chi connectivity index (χ1n) is 4.39. The van der Waals surface area contributed by atoms with Crippen molar-refractivity contribution in [2.75, 3.05) is 6.54 Å². The number of urea groups is 1. The zero-order chi connectivity index (χ0) is 11.1. The van der Waals surface area contributed by atoms with E-state index in [1.165, 1.54) is 0 Å². The fraction of sp³-hybridized carbons (Fsp3) is 0.375. The quantitative estimate of drug-likeness (QED) is 0.536. The van der Waals surface area contributed by atoms with Gasteiger partial charge >= 0.3 is 12.0 Å². The number of nitrogens with zero attached hydrogens (tertiary/aromatic N) is 1. The lowest BCUT2D eigenvalue weighted by molar-refractivity contribution is -0.136. The van der Waals surface area contributed by atoms with Gasteiger partial charge in [-0.05, 0) is 0 Å². The van der Waals surface area contributed by atoms with Crippen LogP contribution >= 0.6 is 0 Å². The van der Waals surface area contributed by atoms with Crippen molar-refractivity contribution in [3.05, 3.63) is 18.0 Å². The molecule has 0 atom stereocenters. The Labute approximate surface area is 85.9 Å². The highest BCUT2D eigenvalue weighted by molar-refractivity contribution is 5.74. The van der Waals surface area contributed by atoms with Gasteiger partial charge in [0.15, 0.2) is 0 Å². The summed E-state index contributed by atoms with van der Waals surface area (Å²) in [6.07, 6.45) is 3.17. The van der Waals surface area contributed by atoms with Crippen LogP contribution in [-0.2, 0) is 11.3 Å². The average molecular weight is 212 g/mol. The highest BCUT2D eigenvalue weighted by atomic mass is 16.4. The van der Waals surface area contributed by atoms with Crippen molar-refractivity contribution in [3.63, 3.8) is 0 Å². The smallest absolute Gasteiger partial charge is 0.315 e. The van der Waals surface area contributed by atoms with Crippen LogP contribution in [0.1, 0.15) is 12.0 Å². The standard InChI is InChI=1S/C8H12N4O3/c13-7(14)1-2-9-8(15)10-3-6-4-11-12-5-6/h4-5H,1-3H2,(H,11,12)(H,13,14)(H2,9,10,15). The van der Waals surface area contributed by atoms with E-state index in [2.05, 4.69) is 20.8 Å². The molecule has 0 aromatic carbocycles. The van der Waals surface area contributed by atoms with Crippen LogP contribution in [0.4, 0.5) is 4.79 Å². The minimum Gasteiger partial charge on any atom is -0.481 e. The Kier molecular flexibility index (Phi) is 4.14. The number of aliphatic carboxylic acids is 1. The van der Waals surface area contributed by atoms with Crippen molar-refractivity contribution >= 4 is 12.0 Å². The zero-order valence-corrected chi connectivity index (χ0v) is 7.99. The number of carboxylic acid groups (broad SMARTS) is 1. The minimum absolute atomic E-state index is 0.0842. The summed E-state index contributed by atoms with van der Waals surface area (Å²) in [6.45, 7) is 0.474. The van der Waals surface area contributed by atoms with Gasteiger partial charge < -0.3 is 15.7 Å². The maximum atomic E-state index is 11.1. The fourth-order valence-electron chi connectivity index (χ4n) is 0.902. The summed E-state index contributed by atoms with van der Waals surface area (Å²) in [7, 11) is 0. The monoisotopic (exact) mass is 212 g/mol. The number of hydrogen-bond acceptors (Lipinski definition) is 3. The average Bonchev–Trinajstić information content (AvgIpc) is 2.66. The second-order valence-corrected chi connectivity index (χ2v) is 2.86. The van der Waals surface area contributed by atoms with Crippen LogP contribution in [0.25, 0.3) is 0 Å². The summed E-state index contributed by atoms with van der Waals surface area (Å²) >= 11 is 0. The molecular formula is C8H12N4O3. The van der Waals surface area contributed by atoms with E-state index < -0.39 is 12.0 Å². The molecule has 0 aliphatic heterocycles. The predicted octanol–water partition coefficient (Wildman–Crippen LogP) is -0.316. The van der Waals surface area contributed by atoms with Crippen LogP contribution in [0.3, 0.4) is 0 Å². The van der Waals surface area contributed by atoms with E-state index >= 15 is 0 Å². The molecule has 0 saturated heterocycles. The number of carboxylic acids is 1. The maximum Gasteiger partial charge on any atom is 0.315 e. The largest absolute Gasteiger partial charge is 0.481 e. The molecule has 4 N–H and O–H groups in total. The molecule has 0 aliphatic carbocycles. The summed E-state index contributed by atoms with van der Waals surface area (Å²) in [4.78, 5) is 21.2. The van der Waals surface area contributed by atoms with Gasteiger partial charge in [0, 0.05) is 24.8 Å². The Balaban J connectivity index is 2.11. The van der Waals surface area contributed by atoms with E-state index in [-0.39, 0.29) is 13.0 Å². The van der Waals surface area contributed by atoms with E-state index in [1.807, 2.05) is 0 Å². The van der Waals surface area contributed by atoms with Crippen molar-refractivity contribution in [3.8, 4) is 0 Å². The van der Waals surface area contributed by atoms with Gasteiger partial charge in [-0.3, -0.25) is 9.89 Å². The summed E-state index contributed by atoms with van der Waals surface area (Å²) < 4.78 is 0. The van der Waals surface area contributed by atoms with E-state index in [0.717, 1.165) is 5.56 Å². The number of carbonyl (C=O) groups is 2. The molecule has 1 rings (SSSR count). The van der Waals surface area contributed by atoms with Crippen molar-refractivity contribution in [1.29, 1.82) is 0 Å². The number of aromatic nitrogens is 2. The zero-order valence-electron chi connectivity index (χ0n) is 7.99. The number of H-pyrrole nitrogens is 1. The number of amides is 2. The Hall–Kier alpha value is -2.05. The molecule has 1 aromatic rings. The van der Waals surface area contributed by atoms with Gasteiger partial charge in [-0.1, -0.05) is 0 Å². The number of nitrogens with one attached hydrogen (secondary N) is 3. The Morgan fingerprint density at radius 3 is 2.87 bits per heavy atom. The van der Waals surface area contributed by atoms with Gasteiger partial charge in [0.25, 0.3) is 0 Å². The van der Waals surface area contributed by atoms with Crippen LogP contribution in [-0.4, -0.2) is 33.8 Å². The van der Waals surface area contributed by atoms with Gasteiger partial charge in [0.05, 0.1) is 12.6 Å². The molecule has 2 amide bonds. The third kappa shape index (κ3) is 4.65. The highest BCUT2D eigenvalue weighted by Crippen LogP contribution is 1.91. The van der Waals surface area contributed by atoms with Crippen molar-refractivity contribution < 1.29 is 14.7 Å². The first kappa shape index (κ1) is 11.0. The highest BCUT2D eigenvalue weighted by Gasteiger charge is 2.01. The molecule has 0 fully saturated rings. The molecule has 15 heavy (non-hydrogen) atoms. The van der Waals surface area contributed by atoms with Crippen LogP contribution in [0.15, 0.2) is 12.4 Å². The van der Waals surface area contributed by atoms with E-state index in [4.69, 9.17) is 5.11 Å². The summed E-state index contributed by atoms with van der Waals surface area (Å²) in [5.74, 6) is -0.940. The normalized spacial score (nSPS) is 9.60. The number of hydrogen-bond donors (Lipinski definition) is 4. The summed E-state index contributed by atoms with van der Waals surface area (Å²) in [6, 6.07) is -0.391. The number of aromatic amines is 1. The Morgan fingerprint density at radius 2 is 2.27 bits per heavy atom. The van der Waals surface area contributed by atoms with Gasteiger partial charge in [-0.25, -0.2) is 4.79 Å². The molecule has 0 saturated carbocycles. The van der Waals surface area contributed by atoms with Crippen molar-refractivity contribution in [1.82, 2.24) is 20.8 Å². The fourth-order valence-corrected chi connectivity index (χ4v) is 0.902. The van der Waals surface area contributed by atoms with Crippen molar-refractivity contribution in [2.24, 2.45) is 0 Å². The van der Waals surface area contributed by atoms with Crippen LogP contribution in [0, 0.1) is 0 Å². The Bertz CT molecular complexity index is 323. The number of rotatable bonds is 5. The molecule has 0 spiro atoms. The maximum absolute atomic E-state index is 11.1. The van der Waals surface area contributed by atoms with Gasteiger partial charge in [0.1, 0.15) is 0 Å². The van der Waals surface area contributed by atoms with Crippen LogP contribution in [0.5, 0.6) is 0 Å². The molecule has 0 bridgehead atoms. The molecular weight excluding hydrogens is 200 g/mol. The van der Waals surface area contributed by atoms with Crippen LogP contribution < -0.4 is 10.6 Å². The third-order valence-electron chi connectivity index (χ3n) is 1.63. The lowest BCUT2D eigenvalue weighted by atomic mass is 10.4. The second kappa shape index (κ2) is 5.63. The first-order chi connectivity index (χ1) is 7.18. The van der Waals surface area contributed by atoms with Crippen LogP contribution in [0.2, 0.25) is 0 Å². The number of carbonyl (C=O) groups excluding carboxylic acids is 1. The lowest BCUT2D eigenvalue weighted by Gasteiger charge is -2.04. The van der Waals surface area contributed by atoms with E-state index in [9.17, 15) is 9.59 Å². The molecule has 82 valence electrons. The SMILES string of the molecule is O=C(O)CCNC(=O)NCc1cn[nH]c1. The molecule has 7 nitrogen and oxygen atoms in total. The predicted molar refractivity (Wildman–Crippen MR) is 51.1 cm³/mol. The van der Waals surface area contributed by atoms with Gasteiger partial charge in [-0.2, -0.15) is 5.10 Å². The molecule has 1 aromatic heterocycles.